The minimum absolute atomic E-state index is 0.0348. The molecule has 1 N–H and O–H groups in total. The zero-order valence-electron chi connectivity index (χ0n) is 8.72. The van der Waals surface area contributed by atoms with Gasteiger partial charge in [0.15, 0.2) is 0 Å². The Hall–Kier alpha value is -1.38. The van der Waals surface area contributed by atoms with Gasteiger partial charge in [0.2, 0.25) is 5.91 Å². The summed E-state index contributed by atoms with van der Waals surface area (Å²) < 4.78 is 13.1. The zero-order chi connectivity index (χ0) is 10.8. The molecule has 15 heavy (non-hydrogen) atoms. The summed E-state index contributed by atoms with van der Waals surface area (Å²) in [6.45, 7) is 2.07. The first-order valence-electron chi connectivity index (χ1n) is 5.30. The Morgan fingerprint density at radius 3 is 3.07 bits per heavy atom. The third-order valence-electron chi connectivity index (χ3n) is 2.80. The van der Waals surface area contributed by atoms with Crippen molar-refractivity contribution in [3.63, 3.8) is 0 Å². The van der Waals surface area contributed by atoms with Crippen LogP contribution in [0.4, 0.5) is 10.1 Å². The molecular weight excluding hydrogens is 193 g/mol. The molecule has 0 radical (unpaired) electrons. The second kappa shape index (κ2) is 4.01. The standard InChI is InChI=1S/C12H14FNO/c1-2-3-8-6-12(15)14-11-5-4-9(13)7-10(8)11/h4-5,7-8H,2-3,6H2,1H3,(H,14,15). The summed E-state index contributed by atoms with van der Waals surface area (Å²) in [5, 5.41) is 2.77. The Kier molecular flexibility index (Phi) is 2.71. The van der Waals surface area contributed by atoms with Crippen LogP contribution in [0.2, 0.25) is 0 Å². The zero-order valence-corrected chi connectivity index (χ0v) is 8.72. The highest BCUT2D eigenvalue weighted by Crippen LogP contribution is 2.35. The Morgan fingerprint density at radius 1 is 1.53 bits per heavy atom. The molecule has 80 valence electrons. The minimum Gasteiger partial charge on any atom is -0.326 e. The molecule has 1 heterocycles. The van der Waals surface area contributed by atoms with Gasteiger partial charge in [0.05, 0.1) is 0 Å². The normalized spacial score (nSPS) is 19.6. The number of rotatable bonds is 2. The van der Waals surface area contributed by atoms with E-state index in [1.807, 2.05) is 0 Å². The second-order valence-electron chi connectivity index (χ2n) is 3.97. The third-order valence-corrected chi connectivity index (χ3v) is 2.80. The molecule has 0 spiro atoms. The molecule has 3 heteroatoms. The molecule has 0 aromatic heterocycles. The highest BCUT2D eigenvalue weighted by molar-refractivity contribution is 5.94. The van der Waals surface area contributed by atoms with E-state index in [1.165, 1.54) is 12.1 Å². The van der Waals surface area contributed by atoms with E-state index in [2.05, 4.69) is 12.2 Å². The van der Waals surface area contributed by atoms with Gasteiger partial charge < -0.3 is 5.32 Å². The number of fused-ring (bicyclic) bond motifs is 1. The van der Waals surface area contributed by atoms with Gasteiger partial charge >= 0.3 is 0 Å². The largest absolute Gasteiger partial charge is 0.326 e. The predicted molar refractivity (Wildman–Crippen MR) is 57.3 cm³/mol. The van der Waals surface area contributed by atoms with Crippen molar-refractivity contribution in [2.75, 3.05) is 5.32 Å². The number of carbonyl (C=O) groups excluding carboxylic acids is 1. The summed E-state index contributed by atoms with van der Waals surface area (Å²) in [7, 11) is 0. The summed E-state index contributed by atoms with van der Waals surface area (Å²) in [4.78, 5) is 11.4. The van der Waals surface area contributed by atoms with Gasteiger partial charge in [-0.25, -0.2) is 4.39 Å². The fourth-order valence-electron chi connectivity index (χ4n) is 2.13. The van der Waals surface area contributed by atoms with Crippen molar-refractivity contribution in [1.82, 2.24) is 0 Å². The Morgan fingerprint density at radius 2 is 2.33 bits per heavy atom. The van der Waals surface area contributed by atoms with Crippen molar-refractivity contribution in [2.45, 2.75) is 32.1 Å². The summed E-state index contributed by atoms with van der Waals surface area (Å²) in [5.41, 5.74) is 1.71. The number of hydrogen-bond donors (Lipinski definition) is 1. The summed E-state index contributed by atoms with van der Waals surface area (Å²) >= 11 is 0. The highest BCUT2D eigenvalue weighted by Gasteiger charge is 2.24. The van der Waals surface area contributed by atoms with E-state index in [0.717, 1.165) is 24.1 Å². The number of carbonyl (C=O) groups is 1. The SMILES string of the molecule is CCCC1CC(=O)Nc2ccc(F)cc21. The number of anilines is 1. The summed E-state index contributed by atoms with van der Waals surface area (Å²) in [5.74, 6) is -0.0204. The first kappa shape index (κ1) is 10.1. The number of benzene rings is 1. The van der Waals surface area contributed by atoms with Crippen LogP contribution in [0, 0.1) is 5.82 Å². The van der Waals surface area contributed by atoms with Crippen LogP contribution in [-0.2, 0) is 4.79 Å². The van der Waals surface area contributed by atoms with Gasteiger partial charge in [-0.2, -0.15) is 0 Å². The lowest BCUT2D eigenvalue weighted by molar-refractivity contribution is -0.116. The molecule has 1 aliphatic rings. The number of nitrogens with one attached hydrogen (secondary N) is 1. The van der Waals surface area contributed by atoms with E-state index < -0.39 is 0 Å². The topological polar surface area (TPSA) is 29.1 Å². The van der Waals surface area contributed by atoms with Crippen molar-refractivity contribution in [1.29, 1.82) is 0 Å². The average Bonchev–Trinajstić information content (AvgIpc) is 2.19. The predicted octanol–water partition coefficient (Wildman–Crippen LogP) is 3.05. The minimum atomic E-state index is -0.231. The molecule has 2 nitrogen and oxygen atoms in total. The average molecular weight is 207 g/mol. The maximum absolute atomic E-state index is 13.1. The molecule has 1 aromatic carbocycles. The van der Waals surface area contributed by atoms with Crippen molar-refractivity contribution < 1.29 is 9.18 Å². The second-order valence-corrected chi connectivity index (χ2v) is 3.97. The van der Waals surface area contributed by atoms with Crippen LogP contribution in [0.25, 0.3) is 0 Å². The fraction of sp³-hybridized carbons (Fsp3) is 0.417. The maximum atomic E-state index is 13.1. The molecular formula is C12H14FNO. The van der Waals surface area contributed by atoms with Gasteiger partial charge in [0, 0.05) is 12.1 Å². The molecule has 1 aromatic rings. The van der Waals surface area contributed by atoms with Gasteiger partial charge in [0.1, 0.15) is 5.82 Å². The van der Waals surface area contributed by atoms with E-state index in [4.69, 9.17) is 0 Å². The first-order chi connectivity index (χ1) is 7.20. The summed E-state index contributed by atoms with van der Waals surface area (Å²) in [6.07, 6.45) is 2.42. The van der Waals surface area contributed by atoms with E-state index >= 15 is 0 Å². The molecule has 1 aliphatic heterocycles. The Labute approximate surface area is 88.5 Å². The number of halogens is 1. The lowest BCUT2D eigenvalue weighted by Gasteiger charge is -2.25. The molecule has 0 aliphatic carbocycles. The number of hydrogen-bond acceptors (Lipinski definition) is 1. The van der Waals surface area contributed by atoms with Crippen molar-refractivity contribution in [3.8, 4) is 0 Å². The van der Waals surface area contributed by atoms with Crippen molar-refractivity contribution in [2.24, 2.45) is 0 Å². The monoisotopic (exact) mass is 207 g/mol. The highest BCUT2D eigenvalue weighted by atomic mass is 19.1. The van der Waals surface area contributed by atoms with Gasteiger partial charge in [-0.05, 0) is 36.1 Å². The smallest absolute Gasteiger partial charge is 0.224 e. The van der Waals surface area contributed by atoms with Crippen LogP contribution in [0.5, 0.6) is 0 Å². The molecule has 0 bridgehead atoms. The maximum Gasteiger partial charge on any atom is 0.224 e. The van der Waals surface area contributed by atoms with E-state index in [-0.39, 0.29) is 17.6 Å². The molecule has 0 saturated carbocycles. The summed E-state index contributed by atoms with van der Waals surface area (Å²) in [6, 6.07) is 4.56. The van der Waals surface area contributed by atoms with Gasteiger partial charge in [-0.3, -0.25) is 4.79 Å². The van der Waals surface area contributed by atoms with Gasteiger partial charge in [0.25, 0.3) is 0 Å². The van der Waals surface area contributed by atoms with Gasteiger partial charge in [-0.1, -0.05) is 13.3 Å². The fourth-order valence-corrected chi connectivity index (χ4v) is 2.13. The van der Waals surface area contributed by atoms with Crippen LogP contribution < -0.4 is 5.32 Å². The van der Waals surface area contributed by atoms with Crippen molar-refractivity contribution in [3.05, 3.63) is 29.6 Å². The van der Waals surface area contributed by atoms with E-state index in [9.17, 15) is 9.18 Å². The number of amides is 1. The van der Waals surface area contributed by atoms with E-state index in [0.29, 0.717) is 6.42 Å². The molecule has 1 atom stereocenters. The van der Waals surface area contributed by atoms with Crippen LogP contribution in [0.3, 0.4) is 0 Å². The van der Waals surface area contributed by atoms with Crippen LogP contribution >= 0.6 is 0 Å². The molecule has 1 unspecified atom stereocenters. The first-order valence-corrected chi connectivity index (χ1v) is 5.30. The van der Waals surface area contributed by atoms with Crippen LogP contribution in [0.1, 0.15) is 37.7 Å². The van der Waals surface area contributed by atoms with Gasteiger partial charge in [-0.15, -0.1) is 0 Å². The van der Waals surface area contributed by atoms with Crippen LogP contribution in [-0.4, -0.2) is 5.91 Å². The molecule has 2 rings (SSSR count). The molecule has 0 saturated heterocycles. The lowest BCUT2D eigenvalue weighted by atomic mass is 9.87. The van der Waals surface area contributed by atoms with Crippen LogP contribution in [0.15, 0.2) is 18.2 Å². The van der Waals surface area contributed by atoms with Crippen molar-refractivity contribution >= 4 is 11.6 Å². The Balaban J connectivity index is 2.38. The quantitative estimate of drug-likeness (QED) is 0.793. The molecule has 0 fully saturated rings. The lowest BCUT2D eigenvalue weighted by Crippen LogP contribution is -2.22. The van der Waals surface area contributed by atoms with E-state index in [1.54, 1.807) is 6.07 Å². The molecule has 1 amide bonds. The third kappa shape index (κ3) is 2.01. The Bertz CT molecular complexity index is 389.